The summed E-state index contributed by atoms with van der Waals surface area (Å²) in [6, 6.07) is 2.63. The maximum absolute atomic E-state index is 4.29. The summed E-state index contributed by atoms with van der Waals surface area (Å²) in [7, 11) is 0. The number of pyridine rings is 1. The van der Waals surface area contributed by atoms with Crippen molar-refractivity contribution in [3.8, 4) is 0 Å². The lowest BCUT2D eigenvalue weighted by Gasteiger charge is -2.31. The van der Waals surface area contributed by atoms with E-state index in [-0.39, 0.29) is 0 Å². The molecule has 2 rings (SSSR count). The third-order valence-corrected chi connectivity index (χ3v) is 3.89. The van der Waals surface area contributed by atoms with Crippen LogP contribution in [-0.4, -0.2) is 11.5 Å². The van der Waals surface area contributed by atoms with Crippen LogP contribution in [0.1, 0.15) is 56.2 Å². The molecule has 1 fully saturated rings. The van der Waals surface area contributed by atoms with Gasteiger partial charge in [0.2, 0.25) is 0 Å². The van der Waals surface area contributed by atoms with Gasteiger partial charge >= 0.3 is 0 Å². The summed E-state index contributed by atoms with van der Waals surface area (Å²) in [5.41, 5.74) is 2.76. The van der Waals surface area contributed by atoms with E-state index >= 15 is 0 Å². The van der Waals surface area contributed by atoms with Crippen molar-refractivity contribution in [3.63, 3.8) is 0 Å². The standard InChI is InChI=1S/C15H24N2/c1-3-8-17-15(10-13-5-4-6-13)14-11-16-9-7-12(14)2/h7,9,11,13,15,17H,3-6,8,10H2,1-2H3. The van der Waals surface area contributed by atoms with Crippen LogP contribution in [0.25, 0.3) is 0 Å². The molecule has 0 aliphatic heterocycles. The molecule has 1 atom stereocenters. The van der Waals surface area contributed by atoms with Crippen LogP contribution in [0, 0.1) is 12.8 Å². The molecule has 1 saturated carbocycles. The summed E-state index contributed by atoms with van der Waals surface area (Å²) in [5, 5.41) is 3.69. The molecule has 0 aromatic carbocycles. The molecule has 1 aromatic heterocycles. The molecule has 1 heterocycles. The van der Waals surface area contributed by atoms with Gasteiger partial charge in [-0.1, -0.05) is 26.2 Å². The Morgan fingerprint density at radius 1 is 1.47 bits per heavy atom. The Morgan fingerprint density at radius 2 is 2.29 bits per heavy atom. The second-order valence-electron chi connectivity index (χ2n) is 5.27. The Bertz CT molecular complexity index is 345. The van der Waals surface area contributed by atoms with Crippen molar-refractivity contribution in [1.82, 2.24) is 10.3 Å². The SMILES string of the molecule is CCCNC(CC1CCC1)c1cnccc1C. The molecule has 1 N–H and O–H groups in total. The average Bonchev–Trinajstić information content (AvgIpc) is 2.28. The van der Waals surface area contributed by atoms with Crippen molar-refractivity contribution in [2.75, 3.05) is 6.54 Å². The van der Waals surface area contributed by atoms with E-state index in [1.807, 2.05) is 12.4 Å². The van der Waals surface area contributed by atoms with Gasteiger partial charge in [-0.25, -0.2) is 0 Å². The van der Waals surface area contributed by atoms with E-state index in [2.05, 4.69) is 30.2 Å². The van der Waals surface area contributed by atoms with Gasteiger partial charge in [0.15, 0.2) is 0 Å². The highest BCUT2D eigenvalue weighted by molar-refractivity contribution is 5.25. The Labute approximate surface area is 105 Å². The molecule has 2 heteroatoms. The zero-order chi connectivity index (χ0) is 12.1. The highest BCUT2D eigenvalue weighted by Crippen LogP contribution is 2.35. The van der Waals surface area contributed by atoms with E-state index in [1.54, 1.807) is 0 Å². The van der Waals surface area contributed by atoms with E-state index in [1.165, 1.54) is 43.2 Å². The maximum atomic E-state index is 4.29. The summed E-state index contributed by atoms with van der Waals surface area (Å²) in [6.45, 7) is 5.52. The highest BCUT2D eigenvalue weighted by Gasteiger charge is 2.23. The van der Waals surface area contributed by atoms with E-state index in [0.29, 0.717) is 6.04 Å². The van der Waals surface area contributed by atoms with Crippen LogP contribution in [0.15, 0.2) is 18.5 Å². The minimum Gasteiger partial charge on any atom is -0.310 e. The Morgan fingerprint density at radius 3 is 2.88 bits per heavy atom. The minimum atomic E-state index is 0.508. The molecular formula is C15H24N2. The van der Waals surface area contributed by atoms with Crippen LogP contribution in [-0.2, 0) is 0 Å². The molecule has 0 amide bonds. The summed E-state index contributed by atoms with van der Waals surface area (Å²) in [6.07, 6.45) is 10.7. The quantitative estimate of drug-likeness (QED) is 0.810. The Hall–Kier alpha value is -0.890. The lowest BCUT2D eigenvalue weighted by atomic mass is 9.79. The van der Waals surface area contributed by atoms with E-state index in [0.717, 1.165) is 12.5 Å². The first-order valence-corrected chi connectivity index (χ1v) is 6.95. The van der Waals surface area contributed by atoms with Crippen LogP contribution in [0.3, 0.4) is 0 Å². The van der Waals surface area contributed by atoms with Crippen LogP contribution in [0.4, 0.5) is 0 Å². The number of aryl methyl sites for hydroxylation is 1. The lowest BCUT2D eigenvalue weighted by molar-refractivity contribution is 0.260. The van der Waals surface area contributed by atoms with Gasteiger partial charge in [0, 0.05) is 18.4 Å². The fraction of sp³-hybridized carbons (Fsp3) is 0.667. The number of nitrogens with one attached hydrogen (secondary N) is 1. The molecule has 1 aliphatic carbocycles. The monoisotopic (exact) mass is 232 g/mol. The van der Waals surface area contributed by atoms with E-state index < -0.39 is 0 Å². The predicted molar refractivity (Wildman–Crippen MR) is 72.0 cm³/mol. The van der Waals surface area contributed by atoms with E-state index in [4.69, 9.17) is 0 Å². The number of hydrogen-bond acceptors (Lipinski definition) is 2. The summed E-state index contributed by atoms with van der Waals surface area (Å²) in [5.74, 6) is 0.934. The van der Waals surface area contributed by atoms with Gasteiger partial charge in [-0.15, -0.1) is 0 Å². The molecule has 1 aromatic rings. The lowest BCUT2D eigenvalue weighted by Crippen LogP contribution is -2.27. The number of aromatic nitrogens is 1. The van der Waals surface area contributed by atoms with Crippen molar-refractivity contribution in [1.29, 1.82) is 0 Å². The van der Waals surface area contributed by atoms with Crippen molar-refractivity contribution in [3.05, 3.63) is 29.6 Å². The molecule has 0 saturated heterocycles. The van der Waals surface area contributed by atoms with Gasteiger partial charge < -0.3 is 5.32 Å². The van der Waals surface area contributed by atoms with Crippen LogP contribution in [0.5, 0.6) is 0 Å². The second kappa shape index (κ2) is 6.15. The third-order valence-electron chi connectivity index (χ3n) is 3.89. The largest absolute Gasteiger partial charge is 0.310 e. The van der Waals surface area contributed by atoms with Crippen LogP contribution in [0.2, 0.25) is 0 Å². The molecule has 0 spiro atoms. The fourth-order valence-electron chi connectivity index (χ4n) is 2.54. The zero-order valence-corrected chi connectivity index (χ0v) is 11.1. The molecule has 1 aliphatic rings. The summed E-state index contributed by atoms with van der Waals surface area (Å²) < 4.78 is 0. The van der Waals surface area contributed by atoms with Crippen molar-refractivity contribution in [2.45, 2.75) is 52.0 Å². The highest BCUT2D eigenvalue weighted by atomic mass is 14.9. The molecular weight excluding hydrogens is 208 g/mol. The molecule has 2 nitrogen and oxygen atoms in total. The summed E-state index contributed by atoms with van der Waals surface area (Å²) >= 11 is 0. The van der Waals surface area contributed by atoms with Crippen molar-refractivity contribution >= 4 is 0 Å². The first-order valence-electron chi connectivity index (χ1n) is 6.95. The second-order valence-corrected chi connectivity index (χ2v) is 5.27. The molecule has 1 unspecified atom stereocenters. The Kier molecular flexibility index (Phi) is 4.55. The number of nitrogens with zero attached hydrogens (tertiary/aromatic N) is 1. The van der Waals surface area contributed by atoms with Gasteiger partial charge in [-0.3, -0.25) is 4.98 Å². The summed E-state index contributed by atoms with van der Waals surface area (Å²) in [4.78, 5) is 4.29. The number of hydrogen-bond donors (Lipinski definition) is 1. The first kappa shape index (κ1) is 12.6. The van der Waals surface area contributed by atoms with Gasteiger partial charge in [-0.05, 0) is 49.4 Å². The fourth-order valence-corrected chi connectivity index (χ4v) is 2.54. The van der Waals surface area contributed by atoms with E-state index in [9.17, 15) is 0 Å². The van der Waals surface area contributed by atoms with Crippen molar-refractivity contribution in [2.24, 2.45) is 5.92 Å². The Balaban J connectivity index is 2.05. The third kappa shape index (κ3) is 3.29. The molecule has 17 heavy (non-hydrogen) atoms. The normalized spacial score (nSPS) is 17.8. The predicted octanol–water partition coefficient (Wildman–Crippen LogP) is 3.62. The van der Waals surface area contributed by atoms with Gasteiger partial charge in [-0.2, -0.15) is 0 Å². The number of rotatable bonds is 6. The average molecular weight is 232 g/mol. The minimum absolute atomic E-state index is 0.508. The zero-order valence-electron chi connectivity index (χ0n) is 11.1. The van der Waals surface area contributed by atoms with Crippen LogP contribution < -0.4 is 5.32 Å². The smallest absolute Gasteiger partial charge is 0.0340 e. The van der Waals surface area contributed by atoms with Crippen LogP contribution >= 0.6 is 0 Å². The molecule has 0 bridgehead atoms. The van der Waals surface area contributed by atoms with Gasteiger partial charge in [0.25, 0.3) is 0 Å². The first-order chi connectivity index (χ1) is 8.31. The van der Waals surface area contributed by atoms with Gasteiger partial charge in [0.1, 0.15) is 0 Å². The maximum Gasteiger partial charge on any atom is 0.0340 e. The molecule has 94 valence electrons. The molecule has 0 radical (unpaired) electrons. The topological polar surface area (TPSA) is 24.9 Å². The van der Waals surface area contributed by atoms with Crippen molar-refractivity contribution < 1.29 is 0 Å². The van der Waals surface area contributed by atoms with Gasteiger partial charge in [0.05, 0.1) is 0 Å².